The second-order valence-corrected chi connectivity index (χ2v) is 3.98. The average molecular weight is 241 g/mol. The lowest BCUT2D eigenvalue weighted by atomic mass is 10.1. The summed E-state index contributed by atoms with van der Waals surface area (Å²) in [4.78, 5) is 15.7. The van der Waals surface area contributed by atoms with Gasteiger partial charge in [-0.2, -0.15) is 0 Å². The molecule has 0 aliphatic heterocycles. The quantitative estimate of drug-likeness (QED) is 0.856. The monoisotopic (exact) mass is 241 g/mol. The molecule has 0 radical (unpaired) electrons. The van der Waals surface area contributed by atoms with E-state index in [1.54, 1.807) is 12.4 Å². The Labute approximate surface area is 106 Å². The van der Waals surface area contributed by atoms with Crippen LogP contribution in [-0.4, -0.2) is 10.9 Å². The van der Waals surface area contributed by atoms with E-state index in [-0.39, 0.29) is 5.91 Å². The van der Waals surface area contributed by atoms with Gasteiger partial charge in [-0.15, -0.1) is 0 Å². The van der Waals surface area contributed by atoms with Gasteiger partial charge in [-0.1, -0.05) is 12.1 Å². The molecule has 0 unspecified atom stereocenters. The third kappa shape index (κ3) is 3.40. The molecule has 4 nitrogen and oxygen atoms in total. The van der Waals surface area contributed by atoms with E-state index in [2.05, 4.69) is 10.3 Å². The van der Waals surface area contributed by atoms with Gasteiger partial charge < -0.3 is 11.1 Å². The van der Waals surface area contributed by atoms with E-state index in [1.807, 2.05) is 36.4 Å². The summed E-state index contributed by atoms with van der Waals surface area (Å²) in [5, 5.41) is 2.85. The zero-order valence-electron chi connectivity index (χ0n) is 9.97. The highest BCUT2D eigenvalue weighted by Crippen LogP contribution is 2.10. The third-order valence-electron chi connectivity index (χ3n) is 2.56. The molecule has 92 valence electrons. The van der Waals surface area contributed by atoms with Crippen LogP contribution in [0.25, 0.3) is 0 Å². The van der Waals surface area contributed by atoms with E-state index in [0.717, 1.165) is 16.8 Å². The molecule has 0 spiro atoms. The first-order chi connectivity index (χ1) is 8.78. The zero-order chi connectivity index (χ0) is 12.8. The lowest BCUT2D eigenvalue weighted by Crippen LogP contribution is -2.14. The van der Waals surface area contributed by atoms with E-state index in [0.29, 0.717) is 13.0 Å². The van der Waals surface area contributed by atoms with Crippen molar-refractivity contribution in [3.8, 4) is 0 Å². The summed E-state index contributed by atoms with van der Waals surface area (Å²) in [7, 11) is 0. The zero-order valence-corrected chi connectivity index (χ0v) is 9.97. The number of aromatic nitrogens is 1. The SMILES string of the molecule is NCc1cccc(NC(=O)Cc2ccncc2)c1. The van der Waals surface area contributed by atoms with Crippen LogP contribution < -0.4 is 11.1 Å². The number of nitrogens with zero attached hydrogens (tertiary/aromatic N) is 1. The van der Waals surface area contributed by atoms with Crippen molar-refractivity contribution in [2.75, 3.05) is 5.32 Å². The van der Waals surface area contributed by atoms with Crippen molar-refractivity contribution < 1.29 is 4.79 Å². The summed E-state index contributed by atoms with van der Waals surface area (Å²) < 4.78 is 0. The highest BCUT2D eigenvalue weighted by atomic mass is 16.1. The minimum Gasteiger partial charge on any atom is -0.326 e. The van der Waals surface area contributed by atoms with Gasteiger partial charge in [0.2, 0.25) is 5.91 Å². The molecular formula is C14H15N3O. The summed E-state index contributed by atoms with van der Waals surface area (Å²) in [6.07, 6.45) is 3.70. The number of rotatable bonds is 4. The number of anilines is 1. The number of benzene rings is 1. The number of nitrogens with two attached hydrogens (primary N) is 1. The predicted octanol–water partition coefficient (Wildman–Crippen LogP) is 1.72. The van der Waals surface area contributed by atoms with Crippen LogP contribution in [0.1, 0.15) is 11.1 Å². The van der Waals surface area contributed by atoms with Crippen molar-refractivity contribution in [1.29, 1.82) is 0 Å². The third-order valence-corrected chi connectivity index (χ3v) is 2.56. The highest BCUT2D eigenvalue weighted by molar-refractivity contribution is 5.92. The fourth-order valence-corrected chi connectivity index (χ4v) is 1.67. The number of hydrogen-bond acceptors (Lipinski definition) is 3. The molecule has 0 fully saturated rings. The van der Waals surface area contributed by atoms with Gasteiger partial charge in [0.05, 0.1) is 6.42 Å². The van der Waals surface area contributed by atoms with Crippen LogP contribution in [-0.2, 0) is 17.8 Å². The van der Waals surface area contributed by atoms with Crippen LogP contribution >= 0.6 is 0 Å². The van der Waals surface area contributed by atoms with E-state index in [9.17, 15) is 4.79 Å². The smallest absolute Gasteiger partial charge is 0.228 e. The van der Waals surface area contributed by atoms with Crippen molar-refractivity contribution in [1.82, 2.24) is 4.98 Å². The second kappa shape index (κ2) is 5.93. The van der Waals surface area contributed by atoms with Crippen LogP contribution in [0, 0.1) is 0 Å². The molecule has 0 aliphatic rings. The van der Waals surface area contributed by atoms with Gasteiger partial charge in [-0.05, 0) is 35.4 Å². The van der Waals surface area contributed by atoms with Crippen molar-refractivity contribution in [3.05, 3.63) is 59.9 Å². The maximum Gasteiger partial charge on any atom is 0.228 e. The number of carbonyl (C=O) groups is 1. The van der Waals surface area contributed by atoms with Crippen LogP contribution in [0.5, 0.6) is 0 Å². The number of hydrogen-bond donors (Lipinski definition) is 2. The first-order valence-electron chi connectivity index (χ1n) is 5.75. The first kappa shape index (κ1) is 12.3. The Morgan fingerprint density at radius 1 is 1.17 bits per heavy atom. The van der Waals surface area contributed by atoms with Crippen molar-refractivity contribution in [2.45, 2.75) is 13.0 Å². The van der Waals surface area contributed by atoms with Gasteiger partial charge >= 0.3 is 0 Å². The second-order valence-electron chi connectivity index (χ2n) is 3.98. The molecule has 1 aromatic carbocycles. The summed E-state index contributed by atoms with van der Waals surface area (Å²) in [6.45, 7) is 0.466. The van der Waals surface area contributed by atoms with Gasteiger partial charge in [0.15, 0.2) is 0 Å². The molecule has 3 N–H and O–H groups in total. The summed E-state index contributed by atoms with van der Waals surface area (Å²) >= 11 is 0. The standard InChI is InChI=1S/C14H15N3O/c15-10-12-2-1-3-13(8-12)17-14(18)9-11-4-6-16-7-5-11/h1-8H,9-10,15H2,(H,17,18). The Bertz CT molecular complexity index is 526. The maximum atomic E-state index is 11.8. The fourth-order valence-electron chi connectivity index (χ4n) is 1.67. The van der Waals surface area contributed by atoms with Crippen LogP contribution in [0.15, 0.2) is 48.8 Å². The molecule has 0 bridgehead atoms. The Balaban J connectivity index is 1.99. The predicted molar refractivity (Wildman–Crippen MR) is 70.9 cm³/mol. The lowest BCUT2D eigenvalue weighted by Gasteiger charge is -2.06. The minimum absolute atomic E-state index is 0.0460. The van der Waals surface area contributed by atoms with Gasteiger partial charge in [0.25, 0.3) is 0 Å². The van der Waals surface area contributed by atoms with Crippen LogP contribution in [0.4, 0.5) is 5.69 Å². The van der Waals surface area contributed by atoms with Gasteiger partial charge in [-0.3, -0.25) is 9.78 Å². The molecule has 0 saturated carbocycles. The highest BCUT2D eigenvalue weighted by Gasteiger charge is 2.04. The van der Waals surface area contributed by atoms with Gasteiger partial charge in [-0.25, -0.2) is 0 Å². The Morgan fingerprint density at radius 3 is 2.67 bits per heavy atom. The van der Waals surface area contributed by atoms with E-state index < -0.39 is 0 Å². The molecule has 1 heterocycles. The molecule has 1 aromatic heterocycles. The first-order valence-corrected chi connectivity index (χ1v) is 5.75. The molecule has 4 heteroatoms. The van der Waals surface area contributed by atoms with Crippen molar-refractivity contribution in [2.24, 2.45) is 5.73 Å². The number of pyridine rings is 1. The molecule has 2 aromatic rings. The van der Waals surface area contributed by atoms with Gasteiger partial charge in [0, 0.05) is 24.6 Å². The number of nitrogens with one attached hydrogen (secondary N) is 1. The van der Waals surface area contributed by atoms with Gasteiger partial charge in [0.1, 0.15) is 0 Å². The summed E-state index contributed by atoms with van der Waals surface area (Å²) in [6, 6.07) is 11.2. The molecule has 18 heavy (non-hydrogen) atoms. The fraction of sp³-hybridized carbons (Fsp3) is 0.143. The minimum atomic E-state index is -0.0460. The average Bonchev–Trinajstić information content (AvgIpc) is 2.40. The van der Waals surface area contributed by atoms with Crippen LogP contribution in [0.2, 0.25) is 0 Å². The summed E-state index contributed by atoms with van der Waals surface area (Å²) in [5.41, 5.74) is 8.27. The van der Waals surface area contributed by atoms with Crippen molar-refractivity contribution >= 4 is 11.6 Å². The normalized spacial score (nSPS) is 10.1. The topological polar surface area (TPSA) is 68.0 Å². The number of carbonyl (C=O) groups excluding carboxylic acids is 1. The maximum absolute atomic E-state index is 11.8. The Morgan fingerprint density at radius 2 is 1.94 bits per heavy atom. The Kier molecular flexibility index (Phi) is 4.04. The Hall–Kier alpha value is -2.20. The molecule has 0 atom stereocenters. The van der Waals surface area contributed by atoms with Crippen molar-refractivity contribution in [3.63, 3.8) is 0 Å². The number of amides is 1. The molecule has 2 rings (SSSR count). The molecule has 1 amide bonds. The summed E-state index contributed by atoms with van der Waals surface area (Å²) in [5.74, 6) is -0.0460. The lowest BCUT2D eigenvalue weighted by molar-refractivity contribution is -0.115. The molecule has 0 aliphatic carbocycles. The largest absolute Gasteiger partial charge is 0.326 e. The van der Waals surface area contributed by atoms with Crippen LogP contribution in [0.3, 0.4) is 0 Å². The van der Waals surface area contributed by atoms with E-state index in [1.165, 1.54) is 0 Å². The molecular weight excluding hydrogens is 226 g/mol. The van der Waals surface area contributed by atoms with E-state index in [4.69, 9.17) is 5.73 Å². The van der Waals surface area contributed by atoms with E-state index >= 15 is 0 Å². The molecule has 0 saturated heterocycles.